The normalized spacial score (nSPS) is 16.4. The molecular weight excluding hydrogens is 278 g/mol. The Morgan fingerprint density at radius 1 is 1.45 bits per heavy atom. The Hall–Kier alpha value is -2.27. The minimum absolute atomic E-state index is 0.191. The highest BCUT2D eigenvalue weighted by atomic mass is 35.5. The van der Waals surface area contributed by atoms with Crippen LogP contribution < -0.4 is 15.8 Å². The SMILES string of the molecule is Nc1cc(C(=O)NC2COc3ccccc32)c(Cl)cn1. The first kappa shape index (κ1) is 12.7. The number of ether oxygens (including phenoxy) is 1. The first-order chi connectivity index (χ1) is 9.65. The van der Waals surface area contributed by atoms with Crippen LogP contribution in [-0.2, 0) is 0 Å². The van der Waals surface area contributed by atoms with Crippen molar-refractivity contribution >= 4 is 23.3 Å². The van der Waals surface area contributed by atoms with Crippen molar-refractivity contribution in [2.24, 2.45) is 0 Å². The topological polar surface area (TPSA) is 77.2 Å². The lowest BCUT2D eigenvalue weighted by molar-refractivity contribution is 0.0930. The number of aromatic nitrogens is 1. The molecule has 0 saturated carbocycles. The van der Waals surface area contributed by atoms with Crippen LogP contribution in [0.25, 0.3) is 0 Å². The highest BCUT2D eigenvalue weighted by molar-refractivity contribution is 6.33. The molecule has 0 aliphatic carbocycles. The Morgan fingerprint density at radius 3 is 3.10 bits per heavy atom. The zero-order valence-electron chi connectivity index (χ0n) is 10.5. The number of carbonyl (C=O) groups excluding carboxylic acids is 1. The van der Waals surface area contributed by atoms with E-state index >= 15 is 0 Å². The number of rotatable bonds is 2. The quantitative estimate of drug-likeness (QED) is 0.888. The van der Waals surface area contributed by atoms with Crippen LogP contribution in [0.3, 0.4) is 0 Å². The summed E-state index contributed by atoms with van der Waals surface area (Å²) in [4.78, 5) is 16.1. The molecule has 6 heteroatoms. The summed E-state index contributed by atoms with van der Waals surface area (Å²) in [6.45, 7) is 0.406. The highest BCUT2D eigenvalue weighted by Gasteiger charge is 2.26. The van der Waals surface area contributed by atoms with E-state index in [1.165, 1.54) is 12.3 Å². The van der Waals surface area contributed by atoms with E-state index in [1.807, 2.05) is 24.3 Å². The van der Waals surface area contributed by atoms with E-state index in [0.29, 0.717) is 12.2 Å². The maximum absolute atomic E-state index is 12.2. The molecule has 0 radical (unpaired) electrons. The smallest absolute Gasteiger partial charge is 0.253 e. The second kappa shape index (κ2) is 5.02. The zero-order chi connectivity index (χ0) is 14.1. The molecular formula is C14H12ClN3O2. The number of nitrogens with two attached hydrogens (primary N) is 1. The van der Waals surface area contributed by atoms with Gasteiger partial charge in [-0.25, -0.2) is 4.98 Å². The van der Waals surface area contributed by atoms with Gasteiger partial charge in [-0.15, -0.1) is 0 Å². The number of pyridine rings is 1. The van der Waals surface area contributed by atoms with Crippen molar-refractivity contribution in [1.82, 2.24) is 10.3 Å². The van der Waals surface area contributed by atoms with Gasteiger partial charge < -0.3 is 15.8 Å². The molecule has 1 atom stereocenters. The molecule has 3 rings (SSSR count). The molecule has 1 amide bonds. The molecule has 20 heavy (non-hydrogen) atoms. The second-order valence-corrected chi connectivity index (χ2v) is 4.87. The fourth-order valence-corrected chi connectivity index (χ4v) is 2.34. The van der Waals surface area contributed by atoms with Gasteiger partial charge in [0, 0.05) is 11.8 Å². The van der Waals surface area contributed by atoms with Gasteiger partial charge in [-0.3, -0.25) is 4.79 Å². The standard InChI is InChI=1S/C14H12ClN3O2/c15-10-6-17-13(16)5-9(10)14(19)18-11-7-20-12-4-2-1-3-8(11)12/h1-6,11H,7H2,(H2,16,17)(H,18,19). The summed E-state index contributed by atoms with van der Waals surface area (Å²) in [7, 11) is 0. The van der Waals surface area contributed by atoms with Crippen LogP contribution in [0.4, 0.5) is 5.82 Å². The fourth-order valence-electron chi connectivity index (χ4n) is 2.15. The lowest BCUT2D eigenvalue weighted by Crippen LogP contribution is -2.29. The monoisotopic (exact) mass is 289 g/mol. The second-order valence-electron chi connectivity index (χ2n) is 4.46. The number of halogens is 1. The molecule has 1 aliphatic rings. The molecule has 5 nitrogen and oxygen atoms in total. The molecule has 1 aromatic heterocycles. The van der Waals surface area contributed by atoms with Crippen molar-refractivity contribution < 1.29 is 9.53 Å². The van der Waals surface area contributed by atoms with E-state index in [-0.39, 0.29) is 22.8 Å². The molecule has 2 heterocycles. The van der Waals surface area contributed by atoms with Crippen molar-refractivity contribution in [1.29, 1.82) is 0 Å². The molecule has 3 N–H and O–H groups in total. The Morgan fingerprint density at radius 2 is 2.25 bits per heavy atom. The van der Waals surface area contributed by atoms with Gasteiger partial charge in [-0.1, -0.05) is 29.8 Å². The average molecular weight is 290 g/mol. The van der Waals surface area contributed by atoms with Gasteiger partial charge in [0.05, 0.1) is 16.6 Å². The maximum atomic E-state index is 12.2. The van der Waals surface area contributed by atoms with E-state index in [0.717, 1.165) is 11.3 Å². The first-order valence-corrected chi connectivity index (χ1v) is 6.46. The third kappa shape index (κ3) is 2.28. The summed E-state index contributed by atoms with van der Waals surface area (Å²) in [6.07, 6.45) is 1.37. The largest absolute Gasteiger partial charge is 0.491 e. The number of carbonyl (C=O) groups is 1. The summed E-state index contributed by atoms with van der Waals surface area (Å²) in [5.41, 5.74) is 6.84. The van der Waals surface area contributed by atoms with Gasteiger partial charge in [0.2, 0.25) is 0 Å². The number of hydrogen-bond donors (Lipinski definition) is 2. The highest BCUT2D eigenvalue weighted by Crippen LogP contribution is 2.32. The molecule has 1 unspecified atom stereocenters. The van der Waals surface area contributed by atoms with E-state index in [9.17, 15) is 4.79 Å². The van der Waals surface area contributed by atoms with Crippen LogP contribution in [0.1, 0.15) is 22.0 Å². The predicted molar refractivity (Wildman–Crippen MR) is 75.8 cm³/mol. The van der Waals surface area contributed by atoms with Crippen molar-refractivity contribution in [2.45, 2.75) is 6.04 Å². The number of fused-ring (bicyclic) bond motifs is 1. The summed E-state index contributed by atoms with van der Waals surface area (Å²) in [5, 5.41) is 3.16. The molecule has 1 aromatic carbocycles. The number of nitrogens with one attached hydrogen (secondary N) is 1. The predicted octanol–water partition coefficient (Wildman–Crippen LogP) is 2.18. The molecule has 1 aliphatic heterocycles. The number of hydrogen-bond acceptors (Lipinski definition) is 4. The van der Waals surface area contributed by atoms with E-state index < -0.39 is 0 Å². The van der Waals surface area contributed by atoms with Gasteiger partial charge in [0.15, 0.2) is 0 Å². The van der Waals surface area contributed by atoms with E-state index in [4.69, 9.17) is 22.1 Å². The van der Waals surface area contributed by atoms with Crippen LogP contribution >= 0.6 is 11.6 Å². The number of nitrogen functional groups attached to an aromatic ring is 1. The van der Waals surface area contributed by atoms with Gasteiger partial charge in [0.25, 0.3) is 5.91 Å². The van der Waals surface area contributed by atoms with Crippen molar-refractivity contribution in [2.75, 3.05) is 12.3 Å². The van der Waals surface area contributed by atoms with Crippen LogP contribution in [0.15, 0.2) is 36.5 Å². The molecule has 2 aromatic rings. The lowest BCUT2D eigenvalue weighted by Gasteiger charge is -2.12. The summed E-state index contributed by atoms with van der Waals surface area (Å²) in [6, 6.07) is 8.87. The van der Waals surface area contributed by atoms with Gasteiger partial charge in [-0.2, -0.15) is 0 Å². The first-order valence-electron chi connectivity index (χ1n) is 6.09. The van der Waals surface area contributed by atoms with Crippen LogP contribution in [0, 0.1) is 0 Å². The number of anilines is 1. The van der Waals surface area contributed by atoms with Gasteiger partial charge >= 0.3 is 0 Å². The minimum atomic E-state index is -0.297. The van der Waals surface area contributed by atoms with Crippen molar-refractivity contribution in [3.8, 4) is 5.75 Å². The summed E-state index contributed by atoms with van der Waals surface area (Å²) >= 11 is 5.97. The third-order valence-corrected chi connectivity index (χ3v) is 3.43. The lowest BCUT2D eigenvalue weighted by atomic mass is 10.1. The molecule has 0 spiro atoms. The van der Waals surface area contributed by atoms with Crippen LogP contribution in [0.5, 0.6) is 5.75 Å². The minimum Gasteiger partial charge on any atom is -0.491 e. The fraction of sp³-hybridized carbons (Fsp3) is 0.143. The number of para-hydroxylation sites is 1. The third-order valence-electron chi connectivity index (χ3n) is 3.13. The Kier molecular flexibility index (Phi) is 3.20. The molecule has 0 bridgehead atoms. The maximum Gasteiger partial charge on any atom is 0.253 e. The summed E-state index contributed by atoms with van der Waals surface area (Å²) < 4.78 is 5.52. The summed E-state index contributed by atoms with van der Waals surface area (Å²) in [5.74, 6) is 0.746. The zero-order valence-corrected chi connectivity index (χ0v) is 11.2. The molecule has 0 saturated heterocycles. The average Bonchev–Trinajstić information content (AvgIpc) is 2.85. The Balaban J connectivity index is 1.82. The van der Waals surface area contributed by atoms with Crippen molar-refractivity contribution in [3.63, 3.8) is 0 Å². The Labute approximate surface area is 120 Å². The van der Waals surface area contributed by atoms with E-state index in [1.54, 1.807) is 0 Å². The number of nitrogens with zero attached hydrogens (tertiary/aromatic N) is 1. The molecule has 0 fully saturated rings. The Bertz CT molecular complexity index is 675. The van der Waals surface area contributed by atoms with Crippen LogP contribution in [-0.4, -0.2) is 17.5 Å². The van der Waals surface area contributed by atoms with Gasteiger partial charge in [-0.05, 0) is 12.1 Å². The van der Waals surface area contributed by atoms with Crippen molar-refractivity contribution in [3.05, 3.63) is 52.7 Å². The number of amides is 1. The number of benzene rings is 1. The van der Waals surface area contributed by atoms with Gasteiger partial charge in [0.1, 0.15) is 18.2 Å². The van der Waals surface area contributed by atoms with E-state index in [2.05, 4.69) is 10.3 Å². The molecule has 102 valence electrons. The van der Waals surface area contributed by atoms with Crippen LogP contribution in [0.2, 0.25) is 5.02 Å².